The largest absolute Gasteiger partial charge is 0.466 e. The van der Waals surface area contributed by atoms with Gasteiger partial charge < -0.3 is 19.7 Å². The zero-order chi connectivity index (χ0) is 28.2. The summed E-state index contributed by atoms with van der Waals surface area (Å²) in [5, 5.41) is 22.0. The van der Waals surface area contributed by atoms with Crippen molar-refractivity contribution < 1.29 is 24.5 Å². The van der Waals surface area contributed by atoms with Crippen molar-refractivity contribution in [3.05, 3.63) is 34.9 Å². The van der Waals surface area contributed by atoms with Gasteiger partial charge in [-0.1, -0.05) is 73.1 Å². The summed E-state index contributed by atoms with van der Waals surface area (Å²) in [4.78, 5) is 11.8. The third kappa shape index (κ3) is 11.7. The highest BCUT2D eigenvalue weighted by Crippen LogP contribution is 2.28. The van der Waals surface area contributed by atoms with E-state index in [1.807, 2.05) is 52.8 Å². The Kier molecular flexibility index (Phi) is 16.5. The van der Waals surface area contributed by atoms with E-state index in [4.69, 9.17) is 9.47 Å². The van der Waals surface area contributed by atoms with Crippen molar-refractivity contribution in [2.45, 2.75) is 107 Å². The third-order valence-corrected chi connectivity index (χ3v) is 7.61. The van der Waals surface area contributed by atoms with E-state index in [-0.39, 0.29) is 35.7 Å². The molecule has 0 aromatic carbocycles. The first-order valence-corrected chi connectivity index (χ1v) is 13.7. The van der Waals surface area contributed by atoms with Gasteiger partial charge in [-0.25, -0.2) is 4.79 Å². The van der Waals surface area contributed by atoms with Crippen LogP contribution in [0.1, 0.15) is 88.5 Å². The van der Waals surface area contributed by atoms with Crippen LogP contribution in [0, 0.1) is 35.5 Å². The van der Waals surface area contributed by atoms with Crippen LogP contribution in [0.15, 0.2) is 34.9 Å². The zero-order valence-electron chi connectivity index (χ0n) is 25.2. The first-order valence-electron chi connectivity index (χ1n) is 13.7. The predicted octanol–water partition coefficient (Wildman–Crippen LogP) is 6.74. The Morgan fingerprint density at radius 3 is 1.83 bits per heavy atom. The van der Waals surface area contributed by atoms with Gasteiger partial charge in [-0.05, 0) is 62.5 Å². The quantitative estimate of drug-likeness (QED) is 0.137. The first-order chi connectivity index (χ1) is 16.7. The molecule has 0 aliphatic rings. The van der Waals surface area contributed by atoms with Crippen molar-refractivity contribution in [2.75, 3.05) is 14.2 Å². The standard InChI is InChI=1S/C31H56O5/c1-13-19(2)14-20(3)15-21(4)28(32)22(5)16-23(6)29(33)24(7)17-25(8)30(35-11)26(9)18-27(10)31(34)36-12/h16-22,24,26,28-30,32-33H,13-15H2,1-12H3. The zero-order valence-corrected chi connectivity index (χ0v) is 25.2. The Labute approximate surface area is 222 Å². The lowest BCUT2D eigenvalue weighted by molar-refractivity contribution is -0.136. The Hall–Kier alpha value is -1.43. The minimum Gasteiger partial charge on any atom is -0.466 e. The van der Waals surface area contributed by atoms with Crippen LogP contribution in [0.4, 0.5) is 0 Å². The van der Waals surface area contributed by atoms with E-state index in [1.165, 1.54) is 20.0 Å². The molecular weight excluding hydrogens is 452 g/mol. The summed E-state index contributed by atoms with van der Waals surface area (Å²) >= 11 is 0. The molecular formula is C31H56O5. The fourth-order valence-corrected chi connectivity index (χ4v) is 5.40. The average Bonchev–Trinajstić information content (AvgIpc) is 2.81. The maximum absolute atomic E-state index is 11.8. The lowest BCUT2D eigenvalue weighted by atomic mass is 9.82. The summed E-state index contributed by atoms with van der Waals surface area (Å²) in [5.74, 6) is 0.943. The second-order valence-electron chi connectivity index (χ2n) is 11.4. The number of carbonyl (C=O) groups excluding carboxylic acids is 1. The molecule has 0 aliphatic carbocycles. The number of methoxy groups -OCH3 is 2. The summed E-state index contributed by atoms with van der Waals surface area (Å²) in [6, 6.07) is 0. The van der Waals surface area contributed by atoms with Crippen molar-refractivity contribution in [2.24, 2.45) is 35.5 Å². The van der Waals surface area contributed by atoms with Gasteiger partial charge in [-0.15, -0.1) is 0 Å². The molecule has 0 heterocycles. The summed E-state index contributed by atoms with van der Waals surface area (Å²) in [6.45, 7) is 20.6. The number of hydrogen-bond acceptors (Lipinski definition) is 5. The highest BCUT2D eigenvalue weighted by atomic mass is 16.5. The smallest absolute Gasteiger partial charge is 0.333 e. The third-order valence-electron chi connectivity index (χ3n) is 7.61. The fraction of sp³-hybridized carbons (Fsp3) is 0.774. The molecule has 0 bridgehead atoms. The molecule has 2 N–H and O–H groups in total. The molecule has 0 saturated carbocycles. The van der Waals surface area contributed by atoms with Gasteiger partial charge in [0.1, 0.15) is 0 Å². The molecule has 0 amide bonds. The van der Waals surface area contributed by atoms with Crippen molar-refractivity contribution in [1.82, 2.24) is 0 Å². The molecule has 0 rings (SSSR count). The van der Waals surface area contributed by atoms with Crippen LogP contribution in [-0.2, 0) is 14.3 Å². The van der Waals surface area contributed by atoms with E-state index in [0.29, 0.717) is 17.4 Å². The number of aliphatic hydroxyl groups is 2. The van der Waals surface area contributed by atoms with Crippen LogP contribution in [0.25, 0.3) is 0 Å². The van der Waals surface area contributed by atoms with Crippen molar-refractivity contribution in [3.8, 4) is 0 Å². The van der Waals surface area contributed by atoms with Crippen LogP contribution in [-0.4, -0.2) is 48.7 Å². The number of esters is 1. The van der Waals surface area contributed by atoms with E-state index in [1.54, 1.807) is 14.0 Å². The molecule has 0 spiro atoms. The Bertz CT molecular complexity index is 737. The van der Waals surface area contributed by atoms with Crippen molar-refractivity contribution in [3.63, 3.8) is 0 Å². The second-order valence-corrected chi connectivity index (χ2v) is 11.4. The van der Waals surface area contributed by atoms with Crippen LogP contribution in [0.5, 0.6) is 0 Å². The normalized spacial score (nSPS) is 21.1. The van der Waals surface area contributed by atoms with E-state index >= 15 is 0 Å². The van der Waals surface area contributed by atoms with Crippen molar-refractivity contribution >= 4 is 5.97 Å². The monoisotopic (exact) mass is 508 g/mol. The predicted molar refractivity (Wildman–Crippen MR) is 151 cm³/mol. The molecule has 0 saturated heterocycles. The minimum atomic E-state index is -0.658. The molecule has 210 valence electrons. The highest BCUT2D eigenvalue weighted by molar-refractivity contribution is 5.87. The van der Waals surface area contributed by atoms with Crippen LogP contribution in [0.2, 0.25) is 0 Å². The fourth-order valence-electron chi connectivity index (χ4n) is 5.40. The second kappa shape index (κ2) is 17.1. The Morgan fingerprint density at radius 1 is 0.778 bits per heavy atom. The summed E-state index contributed by atoms with van der Waals surface area (Å²) in [6.07, 6.45) is 7.98. The highest BCUT2D eigenvalue weighted by Gasteiger charge is 2.25. The topological polar surface area (TPSA) is 76.0 Å². The number of aliphatic hydroxyl groups excluding tert-OH is 2. The van der Waals surface area contributed by atoms with Gasteiger partial charge in [0.15, 0.2) is 0 Å². The maximum atomic E-state index is 11.8. The maximum Gasteiger partial charge on any atom is 0.333 e. The summed E-state index contributed by atoms with van der Waals surface area (Å²) in [7, 11) is 3.03. The lowest BCUT2D eigenvalue weighted by Crippen LogP contribution is -2.28. The number of carbonyl (C=O) groups is 1. The molecule has 5 nitrogen and oxygen atoms in total. The number of rotatable bonds is 16. The van der Waals surface area contributed by atoms with Crippen molar-refractivity contribution in [1.29, 1.82) is 0 Å². The van der Waals surface area contributed by atoms with Gasteiger partial charge in [0, 0.05) is 30.4 Å². The molecule has 0 aromatic heterocycles. The van der Waals surface area contributed by atoms with E-state index in [0.717, 1.165) is 17.6 Å². The molecule has 0 aliphatic heterocycles. The molecule has 5 heteroatoms. The molecule has 36 heavy (non-hydrogen) atoms. The van der Waals surface area contributed by atoms with Gasteiger partial charge in [-0.3, -0.25) is 0 Å². The number of hydrogen-bond donors (Lipinski definition) is 2. The Morgan fingerprint density at radius 2 is 1.33 bits per heavy atom. The summed E-state index contributed by atoms with van der Waals surface area (Å²) in [5.41, 5.74) is 2.40. The SMILES string of the molecule is CCC(C)CC(C)CC(C)C(O)C(C)C=C(C)C(O)C(C)C=C(C)C(OC)C(C)C=C(C)C(=O)OC. The minimum absolute atomic E-state index is 0.0364. The lowest BCUT2D eigenvalue weighted by Gasteiger charge is -2.28. The van der Waals surface area contributed by atoms with Gasteiger partial charge in [0.2, 0.25) is 0 Å². The Balaban J connectivity index is 5.31. The molecule has 9 unspecified atom stereocenters. The average molecular weight is 509 g/mol. The number of ether oxygens (including phenoxy) is 2. The van der Waals surface area contributed by atoms with Gasteiger partial charge in [0.25, 0.3) is 0 Å². The molecule has 0 radical (unpaired) electrons. The molecule has 9 atom stereocenters. The summed E-state index contributed by atoms with van der Waals surface area (Å²) < 4.78 is 10.5. The van der Waals surface area contributed by atoms with E-state index in [2.05, 4.69) is 27.7 Å². The van der Waals surface area contributed by atoms with E-state index in [9.17, 15) is 15.0 Å². The van der Waals surface area contributed by atoms with Gasteiger partial charge >= 0.3 is 5.97 Å². The van der Waals surface area contributed by atoms with Crippen LogP contribution in [0.3, 0.4) is 0 Å². The van der Waals surface area contributed by atoms with E-state index < -0.39 is 12.2 Å². The van der Waals surface area contributed by atoms with Crippen LogP contribution < -0.4 is 0 Å². The molecule has 0 aromatic rings. The molecule has 0 fully saturated rings. The van der Waals surface area contributed by atoms with Gasteiger partial charge in [0.05, 0.1) is 25.4 Å². The van der Waals surface area contributed by atoms with Gasteiger partial charge in [-0.2, -0.15) is 0 Å². The van der Waals surface area contributed by atoms with Crippen LogP contribution >= 0.6 is 0 Å². The first kappa shape index (κ1) is 34.6.